The Morgan fingerprint density at radius 3 is 2.53 bits per heavy atom. The van der Waals surface area contributed by atoms with Crippen LogP contribution < -0.4 is 10.6 Å². The molecule has 4 nitrogen and oxygen atoms in total. The number of aromatic nitrogens is 1. The molecular formula is C13H11F2N3O. The SMILES string of the molecule is CNc1ccc(C(=O)Nc2ccc(F)c(F)c2)cn1. The molecule has 0 fully saturated rings. The summed E-state index contributed by atoms with van der Waals surface area (Å²) >= 11 is 0. The average Bonchev–Trinajstić information content (AvgIpc) is 2.43. The van der Waals surface area contributed by atoms with Crippen LogP contribution in [-0.4, -0.2) is 17.9 Å². The number of hydrogen-bond acceptors (Lipinski definition) is 3. The number of pyridine rings is 1. The van der Waals surface area contributed by atoms with Crippen LogP contribution in [0.5, 0.6) is 0 Å². The first-order valence-electron chi connectivity index (χ1n) is 5.50. The van der Waals surface area contributed by atoms with Crippen LogP contribution in [-0.2, 0) is 0 Å². The third-order valence-corrected chi connectivity index (χ3v) is 2.46. The van der Waals surface area contributed by atoms with Crippen molar-refractivity contribution >= 4 is 17.4 Å². The molecule has 19 heavy (non-hydrogen) atoms. The summed E-state index contributed by atoms with van der Waals surface area (Å²) in [6.07, 6.45) is 1.39. The van der Waals surface area contributed by atoms with E-state index in [0.29, 0.717) is 11.4 Å². The van der Waals surface area contributed by atoms with Gasteiger partial charge in [-0.05, 0) is 24.3 Å². The number of nitrogens with zero attached hydrogens (tertiary/aromatic N) is 1. The standard InChI is InChI=1S/C13H11F2N3O/c1-16-12-5-2-8(7-17-12)13(19)18-9-3-4-10(14)11(15)6-9/h2-7H,1H3,(H,16,17)(H,18,19). The maximum Gasteiger partial charge on any atom is 0.257 e. The largest absolute Gasteiger partial charge is 0.373 e. The van der Waals surface area contributed by atoms with Gasteiger partial charge in [-0.25, -0.2) is 13.8 Å². The fourth-order valence-corrected chi connectivity index (χ4v) is 1.45. The van der Waals surface area contributed by atoms with Gasteiger partial charge in [-0.15, -0.1) is 0 Å². The summed E-state index contributed by atoms with van der Waals surface area (Å²) in [6.45, 7) is 0. The molecule has 2 rings (SSSR count). The van der Waals surface area contributed by atoms with Crippen molar-refractivity contribution in [2.24, 2.45) is 0 Å². The first-order chi connectivity index (χ1) is 9.10. The Labute approximate surface area is 108 Å². The molecule has 2 N–H and O–H groups in total. The molecule has 0 unspecified atom stereocenters. The van der Waals surface area contributed by atoms with E-state index in [4.69, 9.17) is 0 Å². The summed E-state index contributed by atoms with van der Waals surface area (Å²) in [7, 11) is 1.71. The fourth-order valence-electron chi connectivity index (χ4n) is 1.45. The molecule has 1 amide bonds. The van der Waals surface area contributed by atoms with E-state index in [0.717, 1.165) is 12.1 Å². The zero-order valence-electron chi connectivity index (χ0n) is 10.1. The Balaban J connectivity index is 2.13. The fraction of sp³-hybridized carbons (Fsp3) is 0.0769. The molecule has 0 aliphatic carbocycles. The van der Waals surface area contributed by atoms with E-state index in [-0.39, 0.29) is 5.69 Å². The average molecular weight is 263 g/mol. The highest BCUT2D eigenvalue weighted by Crippen LogP contribution is 2.14. The third kappa shape index (κ3) is 3.04. The van der Waals surface area contributed by atoms with Crippen LogP contribution in [0.4, 0.5) is 20.3 Å². The molecule has 0 atom stereocenters. The van der Waals surface area contributed by atoms with Crippen molar-refractivity contribution in [2.75, 3.05) is 17.7 Å². The normalized spacial score (nSPS) is 10.1. The highest BCUT2D eigenvalue weighted by atomic mass is 19.2. The Morgan fingerprint density at radius 1 is 1.16 bits per heavy atom. The second kappa shape index (κ2) is 5.43. The Kier molecular flexibility index (Phi) is 3.70. The van der Waals surface area contributed by atoms with Crippen LogP contribution >= 0.6 is 0 Å². The maximum atomic E-state index is 13.0. The highest BCUT2D eigenvalue weighted by molar-refractivity contribution is 6.04. The quantitative estimate of drug-likeness (QED) is 0.895. The van der Waals surface area contributed by atoms with Crippen molar-refractivity contribution in [1.29, 1.82) is 0 Å². The summed E-state index contributed by atoms with van der Waals surface area (Å²) in [5.74, 6) is -1.79. The molecule has 0 spiro atoms. The van der Waals surface area contributed by atoms with Gasteiger partial charge in [-0.3, -0.25) is 4.79 Å². The first-order valence-corrected chi connectivity index (χ1v) is 5.50. The monoisotopic (exact) mass is 263 g/mol. The lowest BCUT2D eigenvalue weighted by Crippen LogP contribution is -2.12. The van der Waals surface area contributed by atoms with E-state index in [9.17, 15) is 13.6 Å². The number of amides is 1. The van der Waals surface area contributed by atoms with Gasteiger partial charge in [-0.1, -0.05) is 0 Å². The smallest absolute Gasteiger partial charge is 0.257 e. The topological polar surface area (TPSA) is 54.0 Å². The van der Waals surface area contributed by atoms with Gasteiger partial charge in [0, 0.05) is 25.0 Å². The molecule has 2 aromatic rings. The number of hydrogen-bond donors (Lipinski definition) is 2. The second-order valence-corrected chi connectivity index (χ2v) is 3.77. The van der Waals surface area contributed by atoms with Gasteiger partial charge >= 0.3 is 0 Å². The highest BCUT2D eigenvalue weighted by Gasteiger charge is 2.08. The molecular weight excluding hydrogens is 252 g/mol. The van der Waals surface area contributed by atoms with Crippen molar-refractivity contribution < 1.29 is 13.6 Å². The Bertz CT molecular complexity index is 599. The lowest BCUT2D eigenvalue weighted by molar-refractivity contribution is 0.102. The van der Waals surface area contributed by atoms with Crippen LogP contribution in [0.25, 0.3) is 0 Å². The molecule has 6 heteroatoms. The third-order valence-electron chi connectivity index (χ3n) is 2.46. The summed E-state index contributed by atoms with van der Waals surface area (Å²) in [6, 6.07) is 6.37. The van der Waals surface area contributed by atoms with Crippen molar-refractivity contribution in [3.63, 3.8) is 0 Å². The summed E-state index contributed by atoms with van der Waals surface area (Å²) in [4.78, 5) is 15.8. The van der Waals surface area contributed by atoms with Crippen molar-refractivity contribution in [3.8, 4) is 0 Å². The molecule has 0 bridgehead atoms. The number of rotatable bonds is 3. The number of halogens is 2. The lowest BCUT2D eigenvalue weighted by Gasteiger charge is -2.06. The minimum Gasteiger partial charge on any atom is -0.373 e. The molecule has 98 valence electrons. The summed E-state index contributed by atoms with van der Waals surface area (Å²) in [5, 5.41) is 5.28. The minimum absolute atomic E-state index is 0.182. The van der Waals surface area contributed by atoms with Crippen LogP contribution in [0.1, 0.15) is 10.4 Å². The number of anilines is 2. The zero-order chi connectivity index (χ0) is 13.8. The minimum atomic E-state index is -1.01. The molecule has 1 aromatic heterocycles. The van der Waals surface area contributed by atoms with Crippen molar-refractivity contribution in [2.45, 2.75) is 0 Å². The molecule has 0 saturated heterocycles. The molecule has 0 aliphatic heterocycles. The number of carbonyl (C=O) groups excluding carboxylic acids is 1. The lowest BCUT2D eigenvalue weighted by atomic mass is 10.2. The summed E-state index contributed by atoms with van der Waals surface area (Å²) in [5.41, 5.74) is 0.505. The molecule has 0 saturated carbocycles. The van der Waals surface area contributed by atoms with Crippen LogP contribution in [0, 0.1) is 11.6 Å². The van der Waals surface area contributed by atoms with E-state index in [1.807, 2.05) is 0 Å². The predicted molar refractivity (Wildman–Crippen MR) is 68.1 cm³/mol. The van der Waals surface area contributed by atoms with Gasteiger partial charge in [-0.2, -0.15) is 0 Å². The first kappa shape index (κ1) is 12.9. The number of benzene rings is 1. The van der Waals surface area contributed by atoms with E-state index in [1.54, 1.807) is 19.2 Å². The number of nitrogens with one attached hydrogen (secondary N) is 2. The number of carbonyl (C=O) groups is 1. The van der Waals surface area contributed by atoms with Gasteiger partial charge in [0.15, 0.2) is 11.6 Å². The maximum absolute atomic E-state index is 13.0. The zero-order valence-corrected chi connectivity index (χ0v) is 10.1. The van der Waals surface area contributed by atoms with Gasteiger partial charge in [0.25, 0.3) is 5.91 Å². The van der Waals surface area contributed by atoms with Gasteiger partial charge in [0.05, 0.1) is 5.56 Å². The van der Waals surface area contributed by atoms with Crippen LogP contribution in [0.3, 0.4) is 0 Å². The van der Waals surface area contributed by atoms with Crippen molar-refractivity contribution in [3.05, 3.63) is 53.7 Å². The van der Waals surface area contributed by atoms with Gasteiger partial charge in [0.1, 0.15) is 5.82 Å². The Morgan fingerprint density at radius 2 is 1.95 bits per heavy atom. The van der Waals surface area contributed by atoms with Crippen molar-refractivity contribution in [1.82, 2.24) is 4.98 Å². The Hall–Kier alpha value is -2.50. The second-order valence-electron chi connectivity index (χ2n) is 3.77. The molecule has 0 aliphatic rings. The van der Waals surface area contributed by atoms with Gasteiger partial charge in [0.2, 0.25) is 0 Å². The van der Waals surface area contributed by atoms with Crippen LogP contribution in [0.2, 0.25) is 0 Å². The van der Waals surface area contributed by atoms with E-state index >= 15 is 0 Å². The molecule has 0 radical (unpaired) electrons. The van der Waals surface area contributed by atoms with E-state index in [1.165, 1.54) is 12.3 Å². The predicted octanol–water partition coefficient (Wildman–Crippen LogP) is 2.65. The van der Waals surface area contributed by atoms with E-state index in [2.05, 4.69) is 15.6 Å². The molecule has 1 aromatic carbocycles. The van der Waals surface area contributed by atoms with E-state index < -0.39 is 17.5 Å². The van der Waals surface area contributed by atoms with Gasteiger partial charge < -0.3 is 10.6 Å². The molecule has 1 heterocycles. The van der Waals surface area contributed by atoms with Crippen LogP contribution in [0.15, 0.2) is 36.5 Å². The summed E-state index contributed by atoms with van der Waals surface area (Å²) < 4.78 is 25.7.